The lowest BCUT2D eigenvalue weighted by Crippen LogP contribution is -2.29. The molecule has 0 aliphatic rings. The number of hydrogen-bond donors (Lipinski definition) is 0. The predicted molar refractivity (Wildman–Crippen MR) is 74.1 cm³/mol. The molecule has 1 heterocycles. The second-order valence-corrected chi connectivity index (χ2v) is 7.35. The molecule has 0 N–H and O–H groups in total. The van der Waals surface area contributed by atoms with Gasteiger partial charge < -0.3 is 0 Å². The summed E-state index contributed by atoms with van der Waals surface area (Å²) >= 11 is 1.18. The Morgan fingerprint density at radius 3 is 2.37 bits per heavy atom. The zero-order chi connectivity index (χ0) is 14.0. The molecule has 0 saturated carbocycles. The summed E-state index contributed by atoms with van der Waals surface area (Å²) in [6.45, 7) is 1.78. The average molecular weight is 299 g/mol. The van der Waals surface area contributed by atoms with E-state index in [2.05, 4.69) is 0 Å². The second kappa shape index (κ2) is 5.40. The molecule has 0 aliphatic heterocycles. The van der Waals surface area contributed by atoms with Gasteiger partial charge in [0.2, 0.25) is 0 Å². The maximum Gasteiger partial charge on any atom is 0.252 e. The molecule has 0 saturated heterocycles. The zero-order valence-corrected chi connectivity index (χ0v) is 12.2. The van der Waals surface area contributed by atoms with Crippen molar-refractivity contribution in [2.45, 2.75) is 17.2 Å². The van der Waals surface area contributed by atoms with Crippen LogP contribution in [0.25, 0.3) is 0 Å². The Labute approximate surface area is 116 Å². The summed E-state index contributed by atoms with van der Waals surface area (Å²) in [6, 6.07) is 8.78. The molecule has 3 nitrogen and oxygen atoms in total. The van der Waals surface area contributed by atoms with Gasteiger partial charge in [0.1, 0.15) is 10.0 Å². The molecule has 0 aliphatic carbocycles. The number of thiophene rings is 1. The SMILES string of the molecule is CC(c1ccc(F)cc1)N(C)S(=O)(=O)c1cccs1. The van der Waals surface area contributed by atoms with E-state index >= 15 is 0 Å². The van der Waals surface area contributed by atoms with Crippen molar-refractivity contribution in [3.63, 3.8) is 0 Å². The van der Waals surface area contributed by atoms with E-state index in [4.69, 9.17) is 0 Å². The molecule has 1 aromatic heterocycles. The van der Waals surface area contributed by atoms with E-state index in [9.17, 15) is 12.8 Å². The van der Waals surface area contributed by atoms with Crippen molar-refractivity contribution < 1.29 is 12.8 Å². The smallest absolute Gasteiger partial charge is 0.207 e. The topological polar surface area (TPSA) is 37.4 Å². The Morgan fingerprint density at radius 1 is 1.21 bits per heavy atom. The number of nitrogens with zero attached hydrogens (tertiary/aromatic N) is 1. The van der Waals surface area contributed by atoms with E-state index < -0.39 is 10.0 Å². The summed E-state index contributed by atoms with van der Waals surface area (Å²) in [7, 11) is -1.96. The molecule has 2 aromatic rings. The van der Waals surface area contributed by atoms with Crippen LogP contribution in [0.5, 0.6) is 0 Å². The normalized spacial score (nSPS) is 13.7. The van der Waals surface area contributed by atoms with Gasteiger partial charge in [0.15, 0.2) is 0 Å². The van der Waals surface area contributed by atoms with Gasteiger partial charge in [0.25, 0.3) is 10.0 Å². The highest BCUT2D eigenvalue weighted by Gasteiger charge is 2.26. The first-order valence-corrected chi connectivity index (χ1v) is 8.02. The molecule has 0 radical (unpaired) electrons. The van der Waals surface area contributed by atoms with Gasteiger partial charge in [-0.25, -0.2) is 12.8 Å². The van der Waals surface area contributed by atoms with Gasteiger partial charge in [-0.05, 0) is 36.1 Å². The van der Waals surface area contributed by atoms with E-state index in [-0.39, 0.29) is 11.9 Å². The molecule has 102 valence electrons. The van der Waals surface area contributed by atoms with Crippen LogP contribution >= 0.6 is 11.3 Å². The van der Waals surface area contributed by atoms with Crippen LogP contribution in [0.15, 0.2) is 46.0 Å². The Kier molecular flexibility index (Phi) is 4.03. The first-order valence-electron chi connectivity index (χ1n) is 5.70. The predicted octanol–water partition coefficient (Wildman–Crippen LogP) is 3.27. The van der Waals surface area contributed by atoms with Crippen LogP contribution in [0.1, 0.15) is 18.5 Å². The first kappa shape index (κ1) is 14.2. The highest BCUT2D eigenvalue weighted by molar-refractivity contribution is 7.91. The molecule has 0 bridgehead atoms. The minimum atomic E-state index is -3.50. The third-order valence-electron chi connectivity index (χ3n) is 3.03. The lowest BCUT2D eigenvalue weighted by molar-refractivity contribution is 0.399. The third-order valence-corrected chi connectivity index (χ3v) is 6.33. The van der Waals surface area contributed by atoms with Crippen molar-refractivity contribution in [3.05, 3.63) is 53.2 Å². The summed E-state index contributed by atoms with van der Waals surface area (Å²) in [6.07, 6.45) is 0. The largest absolute Gasteiger partial charge is 0.252 e. The van der Waals surface area contributed by atoms with Gasteiger partial charge in [-0.15, -0.1) is 11.3 Å². The van der Waals surface area contributed by atoms with E-state index in [0.29, 0.717) is 4.21 Å². The van der Waals surface area contributed by atoms with Crippen LogP contribution in [-0.4, -0.2) is 19.8 Å². The summed E-state index contributed by atoms with van der Waals surface area (Å²) in [5.74, 6) is -0.334. The van der Waals surface area contributed by atoms with Crippen LogP contribution in [0.4, 0.5) is 4.39 Å². The molecule has 1 aromatic carbocycles. The number of hydrogen-bond acceptors (Lipinski definition) is 3. The minimum Gasteiger partial charge on any atom is -0.207 e. The zero-order valence-electron chi connectivity index (χ0n) is 10.6. The monoisotopic (exact) mass is 299 g/mol. The number of benzene rings is 1. The molecule has 1 unspecified atom stereocenters. The van der Waals surface area contributed by atoms with Gasteiger partial charge in [-0.3, -0.25) is 0 Å². The number of rotatable bonds is 4. The third kappa shape index (κ3) is 2.86. The quantitative estimate of drug-likeness (QED) is 0.869. The summed E-state index contributed by atoms with van der Waals surface area (Å²) < 4.78 is 39.2. The van der Waals surface area contributed by atoms with Crippen LogP contribution < -0.4 is 0 Å². The molecule has 1 atom stereocenters. The Bertz CT molecular complexity index is 636. The lowest BCUT2D eigenvalue weighted by atomic mass is 10.1. The van der Waals surface area contributed by atoms with Gasteiger partial charge >= 0.3 is 0 Å². The molecule has 19 heavy (non-hydrogen) atoms. The van der Waals surface area contributed by atoms with E-state index in [1.807, 2.05) is 0 Å². The van der Waals surface area contributed by atoms with Crippen molar-refractivity contribution in [2.75, 3.05) is 7.05 Å². The summed E-state index contributed by atoms with van der Waals surface area (Å²) in [5.41, 5.74) is 0.754. The Balaban J connectivity index is 2.29. The van der Waals surface area contributed by atoms with Crippen LogP contribution in [-0.2, 0) is 10.0 Å². The molecular formula is C13H14FNO2S2. The van der Waals surface area contributed by atoms with Crippen molar-refractivity contribution in [1.82, 2.24) is 4.31 Å². The maximum absolute atomic E-state index is 12.9. The number of halogens is 1. The molecular weight excluding hydrogens is 285 g/mol. The van der Waals surface area contributed by atoms with Crippen LogP contribution in [0, 0.1) is 5.82 Å². The molecule has 6 heteroatoms. The van der Waals surface area contributed by atoms with Crippen molar-refractivity contribution in [3.8, 4) is 0 Å². The van der Waals surface area contributed by atoms with Gasteiger partial charge in [0, 0.05) is 13.1 Å². The van der Waals surface area contributed by atoms with E-state index in [1.165, 1.54) is 34.8 Å². The Hall–Kier alpha value is -1.24. The fourth-order valence-electron chi connectivity index (χ4n) is 1.71. The van der Waals surface area contributed by atoms with Crippen LogP contribution in [0.3, 0.4) is 0 Å². The average Bonchev–Trinajstić information content (AvgIpc) is 2.92. The van der Waals surface area contributed by atoms with Gasteiger partial charge in [-0.2, -0.15) is 4.31 Å². The maximum atomic E-state index is 12.9. The fourth-order valence-corrected chi connectivity index (χ4v) is 4.24. The minimum absolute atomic E-state index is 0.309. The standard InChI is InChI=1S/C13H14FNO2S2/c1-10(11-5-7-12(14)8-6-11)15(2)19(16,17)13-4-3-9-18-13/h3-10H,1-2H3. The molecule has 0 spiro atoms. The second-order valence-electron chi connectivity index (χ2n) is 4.18. The summed E-state index contributed by atoms with van der Waals surface area (Å²) in [4.78, 5) is 0. The first-order chi connectivity index (χ1) is 8.93. The van der Waals surface area contributed by atoms with Gasteiger partial charge in [-0.1, -0.05) is 18.2 Å². The van der Waals surface area contributed by atoms with Crippen LogP contribution in [0.2, 0.25) is 0 Å². The molecule has 0 fully saturated rings. The van der Waals surface area contributed by atoms with E-state index in [1.54, 1.807) is 36.6 Å². The highest BCUT2D eigenvalue weighted by atomic mass is 32.2. The number of sulfonamides is 1. The lowest BCUT2D eigenvalue weighted by Gasteiger charge is -2.24. The van der Waals surface area contributed by atoms with Crippen molar-refractivity contribution in [1.29, 1.82) is 0 Å². The highest BCUT2D eigenvalue weighted by Crippen LogP contribution is 2.27. The fraction of sp³-hybridized carbons (Fsp3) is 0.231. The van der Waals surface area contributed by atoms with Gasteiger partial charge in [0.05, 0.1) is 0 Å². The molecule has 2 rings (SSSR count). The molecule has 0 amide bonds. The van der Waals surface area contributed by atoms with Crippen molar-refractivity contribution >= 4 is 21.4 Å². The van der Waals surface area contributed by atoms with E-state index in [0.717, 1.165) is 5.56 Å². The summed E-state index contributed by atoms with van der Waals surface area (Å²) in [5, 5.41) is 1.73. The Morgan fingerprint density at radius 2 is 1.84 bits per heavy atom. The van der Waals surface area contributed by atoms with Crippen molar-refractivity contribution in [2.24, 2.45) is 0 Å².